The van der Waals surface area contributed by atoms with Crippen LogP contribution in [0.2, 0.25) is 5.02 Å². The van der Waals surface area contributed by atoms with Crippen molar-refractivity contribution < 1.29 is 4.79 Å². The SMILES string of the molecule is O=C1CCC(CNCc2cc(Cl)ccc2Br)N1. The molecule has 1 aromatic rings. The van der Waals surface area contributed by atoms with E-state index in [0.717, 1.165) is 34.6 Å². The molecule has 1 heterocycles. The van der Waals surface area contributed by atoms with Gasteiger partial charge in [0, 0.05) is 35.0 Å². The lowest BCUT2D eigenvalue weighted by Gasteiger charge is -2.12. The zero-order valence-electron chi connectivity index (χ0n) is 9.30. The van der Waals surface area contributed by atoms with E-state index in [9.17, 15) is 4.79 Å². The van der Waals surface area contributed by atoms with Crippen LogP contribution in [0, 0.1) is 0 Å². The van der Waals surface area contributed by atoms with Crippen LogP contribution in [0.25, 0.3) is 0 Å². The summed E-state index contributed by atoms with van der Waals surface area (Å²) in [6.45, 7) is 1.54. The van der Waals surface area contributed by atoms with E-state index in [2.05, 4.69) is 26.6 Å². The average Bonchev–Trinajstić information content (AvgIpc) is 2.69. The molecule has 1 aromatic carbocycles. The topological polar surface area (TPSA) is 41.1 Å². The fourth-order valence-electron chi connectivity index (χ4n) is 1.89. The first kappa shape index (κ1) is 12.9. The molecule has 0 aliphatic carbocycles. The fraction of sp³-hybridized carbons (Fsp3) is 0.417. The Kier molecular flexibility index (Phi) is 4.42. The van der Waals surface area contributed by atoms with Crippen molar-refractivity contribution in [2.45, 2.75) is 25.4 Å². The number of amides is 1. The van der Waals surface area contributed by atoms with Gasteiger partial charge in [0.15, 0.2) is 0 Å². The van der Waals surface area contributed by atoms with Crippen molar-refractivity contribution in [2.75, 3.05) is 6.54 Å². The lowest BCUT2D eigenvalue weighted by atomic mass is 10.2. The van der Waals surface area contributed by atoms with Gasteiger partial charge in [-0.2, -0.15) is 0 Å². The van der Waals surface area contributed by atoms with Crippen molar-refractivity contribution in [3.8, 4) is 0 Å². The smallest absolute Gasteiger partial charge is 0.220 e. The molecular weight excluding hydrogens is 304 g/mol. The molecule has 2 rings (SSSR count). The lowest BCUT2D eigenvalue weighted by Crippen LogP contribution is -2.35. The predicted molar refractivity (Wildman–Crippen MR) is 72.0 cm³/mol. The monoisotopic (exact) mass is 316 g/mol. The quantitative estimate of drug-likeness (QED) is 0.896. The van der Waals surface area contributed by atoms with Gasteiger partial charge in [-0.15, -0.1) is 0 Å². The van der Waals surface area contributed by atoms with Gasteiger partial charge in [0.25, 0.3) is 0 Å². The number of carbonyl (C=O) groups excluding carboxylic acids is 1. The highest BCUT2D eigenvalue weighted by molar-refractivity contribution is 9.10. The molecule has 1 amide bonds. The summed E-state index contributed by atoms with van der Waals surface area (Å²) in [6.07, 6.45) is 1.57. The molecule has 17 heavy (non-hydrogen) atoms. The number of carbonyl (C=O) groups is 1. The maximum absolute atomic E-state index is 11.0. The molecule has 0 bridgehead atoms. The van der Waals surface area contributed by atoms with Gasteiger partial charge in [-0.3, -0.25) is 4.79 Å². The third-order valence-electron chi connectivity index (χ3n) is 2.80. The summed E-state index contributed by atoms with van der Waals surface area (Å²) in [5.41, 5.74) is 1.13. The largest absolute Gasteiger partial charge is 0.352 e. The van der Waals surface area contributed by atoms with Crippen LogP contribution < -0.4 is 10.6 Å². The van der Waals surface area contributed by atoms with E-state index in [0.29, 0.717) is 6.42 Å². The van der Waals surface area contributed by atoms with Crippen LogP contribution in [0.15, 0.2) is 22.7 Å². The summed E-state index contributed by atoms with van der Waals surface area (Å²) in [5, 5.41) is 6.99. The normalized spacial score (nSPS) is 19.4. The second kappa shape index (κ2) is 5.85. The predicted octanol–water partition coefficient (Wildman–Crippen LogP) is 2.47. The van der Waals surface area contributed by atoms with Crippen molar-refractivity contribution in [3.63, 3.8) is 0 Å². The fourth-order valence-corrected chi connectivity index (χ4v) is 2.47. The van der Waals surface area contributed by atoms with Crippen molar-refractivity contribution in [2.24, 2.45) is 0 Å². The Morgan fingerprint density at radius 1 is 1.53 bits per heavy atom. The summed E-state index contributed by atoms with van der Waals surface area (Å²) in [7, 11) is 0. The van der Waals surface area contributed by atoms with Gasteiger partial charge in [-0.05, 0) is 30.2 Å². The highest BCUT2D eigenvalue weighted by atomic mass is 79.9. The Labute approximate surface area is 114 Å². The second-order valence-electron chi connectivity index (χ2n) is 4.17. The maximum atomic E-state index is 11.0. The van der Waals surface area contributed by atoms with Gasteiger partial charge in [0.1, 0.15) is 0 Å². The van der Waals surface area contributed by atoms with Gasteiger partial charge >= 0.3 is 0 Å². The van der Waals surface area contributed by atoms with Gasteiger partial charge in [-0.25, -0.2) is 0 Å². The molecule has 5 heteroatoms. The molecule has 0 aromatic heterocycles. The molecule has 1 fully saturated rings. The Hall–Kier alpha value is -0.580. The molecule has 2 N–H and O–H groups in total. The minimum atomic E-state index is 0.153. The van der Waals surface area contributed by atoms with Crippen LogP contribution >= 0.6 is 27.5 Å². The van der Waals surface area contributed by atoms with E-state index in [-0.39, 0.29) is 11.9 Å². The lowest BCUT2D eigenvalue weighted by molar-refractivity contribution is -0.119. The van der Waals surface area contributed by atoms with Crippen LogP contribution in [0.1, 0.15) is 18.4 Å². The number of hydrogen-bond donors (Lipinski definition) is 2. The van der Waals surface area contributed by atoms with Crippen molar-refractivity contribution in [1.29, 1.82) is 0 Å². The van der Waals surface area contributed by atoms with Crippen LogP contribution in [-0.4, -0.2) is 18.5 Å². The van der Waals surface area contributed by atoms with Gasteiger partial charge < -0.3 is 10.6 Å². The molecule has 1 aliphatic rings. The van der Waals surface area contributed by atoms with Crippen molar-refractivity contribution in [3.05, 3.63) is 33.3 Å². The van der Waals surface area contributed by atoms with Gasteiger partial charge in [0.05, 0.1) is 0 Å². The summed E-state index contributed by atoms with van der Waals surface area (Å²) in [6, 6.07) is 6.00. The Morgan fingerprint density at radius 3 is 3.06 bits per heavy atom. The molecule has 1 unspecified atom stereocenters. The molecule has 1 aliphatic heterocycles. The highest BCUT2D eigenvalue weighted by Crippen LogP contribution is 2.20. The minimum absolute atomic E-state index is 0.153. The van der Waals surface area contributed by atoms with E-state index >= 15 is 0 Å². The molecule has 92 valence electrons. The van der Waals surface area contributed by atoms with E-state index in [1.807, 2.05) is 18.2 Å². The molecule has 1 saturated heterocycles. The zero-order valence-corrected chi connectivity index (χ0v) is 11.6. The zero-order chi connectivity index (χ0) is 12.3. The highest BCUT2D eigenvalue weighted by Gasteiger charge is 2.19. The van der Waals surface area contributed by atoms with Crippen LogP contribution in [0.4, 0.5) is 0 Å². The Bertz CT molecular complexity index is 425. The first-order chi connectivity index (χ1) is 8.15. The molecular formula is C12H14BrClN2O. The van der Waals surface area contributed by atoms with E-state index < -0.39 is 0 Å². The standard InChI is InChI=1S/C12H14BrClN2O/c13-11-3-1-9(14)5-8(11)6-15-7-10-2-4-12(17)16-10/h1,3,5,10,15H,2,4,6-7H2,(H,16,17). The van der Waals surface area contributed by atoms with Crippen LogP contribution in [0.5, 0.6) is 0 Å². The molecule has 3 nitrogen and oxygen atoms in total. The van der Waals surface area contributed by atoms with E-state index in [4.69, 9.17) is 11.6 Å². The van der Waals surface area contributed by atoms with E-state index in [1.54, 1.807) is 0 Å². The first-order valence-corrected chi connectivity index (χ1v) is 6.76. The van der Waals surface area contributed by atoms with Crippen LogP contribution in [-0.2, 0) is 11.3 Å². The summed E-state index contributed by atoms with van der Waals surface area (Å²) in [5.74, 6) is 0.153. The number of nitrogens with one attached hydrogen (secondary N) is 2. The third kappa shape index (κ3) is 3.69. The minimum Gasteiger partial charge on any atom is -0.352 e. The van der Waals surface area contributed by atoms with Gasteiger partial charge in [-0.1, -0.05) is 27.5 Å². The van der Waals surface area contributed by atoms with Crippen LogP contribution in [0.3, 0.4) is 0 Å². The van der Waals surface area contributed by atoms with Gasteiger partial charge in [0.2, 0.25) is 5.91 Å². The number of rotatable bonds is 4. The molecule has 0 saturated carbocycles. The Morgan fingerprint density at radius 2 is 2.35 bits per heavy atom. The summed E-state index contributed by atoms with van der Waals surface area (Å²) >= 11 is 9.42. The second-order valence-corrected chi connectivity index (χ2v) is 5.46. The number of hydrogen-bond acceptors (Lipinski definition) is 2. The summed E-state index contributed by atoms with van der Waals surface area (Å²) < 4.78 is 1.05. The van der Waals surface area contributed by atoms with Crippen molar-refractivity contribution in [1.82, 2.24) is 10.6 Å². The van der Waals surface area contributed by atoms with Crippen molar-refractivity contribution >= 4 is 33.4 Å². The average molecular weight is 318 g/mol. The Balaban J connectivity index is 1.81. The molecule has 0 spiro atoms. The maximum Gasteiger partial charge on any atom is 0.220 e. The van der Waals surface area contributed by atoms with E-state index in [1.165, 1.54) is 0 Å². The number of benzene rings is 1. The summed E-state index contributed by atoms with van der Waals surface area (Å²) in [4.78, 5) is 11.0. The molecule has 1 atom stereocenters. The third-order valence-corrected chi connectivity index (χ3v) is 3.81. The number of halogens is 2. The first-order valence-electron chi connectivity index (χ1n) is 5.59. The molecule has 0 radical (unpaired) electrons.